The largest absolute Gasteiger partial charge is 0.388 e. The Morgan fingerprint density at radius 3 is 2.46 bits per heavy atom. The van der Waals surface area contributed by atoms with E-state index < -0.39 is 6.10 Å². The van der Waals surface area contributed by atoms with Crippen LogP contribution < -0.4 is 5.32 Å². The maximum atomic E-state index is 12.6. The number of aliphatic hydroxyl groups is 1. The number of nitrogens with one attached hydrogen (secondary N) is 1. The van der Waals surface area contributed by atoms with Crippen LogP contribution in [0.2, 0.25) is 0 Å². The number of carbonyl (C=O) groups excluding carboxylic acids is 1. The van der Waals surface area contributed by atoms with Gasteiger partial charge in [0.15, 0.2) is 0 Å². The zero-order chi connectivity index (χ0) is 19.3. The molecule has 2 N–H and O–H groups in total. The number of aromatic nitrogens is 1. The second-order valence-corrected chi connectivity index (χ2v) is 7.92. The number of benzene rings is 2. The number of amides is 2. The summed E-state index contributed by atoms with van der Waals surface area (Å²) in [7, 11) is 0. The predicted octanol–water partition coefficient (Wildman–Crippen LogP) is 4.79. The number of rotatable bonds is 4. The van der Waals surface area contributed by atoms with Crippen molar-refractivity contribution >= 4 is 23.1 Å². The second-order valence-electron chi connectivity index (χ2n) is 7.02. The summed E-state index contributed by atoms with van der Waals surface area (Å²) in [6.45, 7) is 1.30. The minimum Gasteiger partial charge on any atom is -0.388 e. The highest BCUT2D eigenvalue weighted by atomic mass is 32.1. The number of carbonyl (C=O) groups is 1. The number of piperidine rings is 1. The Kier molecular flexibility index (Phi) is 5.69. The quantitative estimate of drug-likeness (QED) is 0.670. The molecule has 1 atom stereocenters. The Balaban J connectivity index is 1.30. The summed E-state index contributed by atoms with van der Waals surface area (Å²) in [4.78, 5) is 18.7. The molecule has 2 heterocycles. The molecule has 1 aromatic heterocycles. The van der Waals surface area contributed by atoms with Gasteiger partial charge in [-0.2, -0.15) is 0 Å². The Hall–Kier alpha value is -2.70. The zero-order valence-electron chi connectivity index (χ0n) is 15.5. The minimum absolute atomic E-state index is 0.0883. The maximum Gasteiger partial charge on any atom is 0.321 e. The van der Waals surface area contributed by atoms with Gasteiger partial charge < -0.3 is 15.3 Å². The van der Waals surface area contributed by atoms with Gasteiger partial charge in [-0.1, -0.05) is 30.3 Å². The molecule has 2 aromatic carbocycles. The fraction of sp³-hybridized carbons (Fsp3) is 0.273. The molecule has 4 rings (SSSR count). The van der Waals surface area contributed by atoms with Gasteiger partial charge in [0.2, 0.25) is 0 Å². The molecule has 6 heteroatoms. The van der Waals surface area contributed by atoms with Crippen molar-refractivity contribution in [3.63, 3.8) is 0 Å². The van der Waals surface area contributed by atoms with Crippen LogP contribution in [0.5, 0.6) is 0 Å². The Labute approximate surface area is 168 Å². The summed E-state index contributed by atoms with van der Waals surface area (Å²) in [6.07, 6.45) is 2.91. The van der Waals surface area contributed by atoms with Crippen molar-refractivity contribution in [2.45, 2.75) is 18.9 Å². The first-order valence-corrected chi connectivity index (χ1v) is 10.4. The summed E-state index contributed by atoms with van der Waals surface area (Å²) in [5.41, 5.74) is 2.77. The topological polar surface area (TPSA) is 65.5 Å². The lowest BCUT2D eigenvalue weighted by Gasteiger charge is -2.34. The van der Waals surface area contributed by atoms with Crippen LogP contribution in [0.4, 0.5) is 10.5 Å². The molecule has 1 aliphatic rings. The molecule has 1 unspecified atom stereocenters. The van der Waals surface area contributed by atoms with Gasteiger partial charge in [-0.05, 0) is 48.6 Å². The fourth-order valence-corrected chi connectivity index (χ4v) is 4.25. The molecule has 0 radical (unpaired) electrons. The number of hydrogen-bond donors (Lipinski definition) is 2. The summed E-state index contributed by atoms with van der Waals surface area (Å²) < 4.78 is 0. The molecule has 1 aliphatic heterocycles. The summed E-state index contributed by atoms with van der Waals surface area (Å²) >= 11 is 1.59. The first kappa shape index (κ1) is 18.7. The van der Waals surface area contributed by atoms with Crippen LogP contribution >= 0.6 is 11.3 Å². The number of nitrogens with zero attached hydrogens (tertiary/aromatic N) is 2. The first-order valence-electron chi connectivity index (χ1n) is 9.49. The van der Waals surface area contributed by atoms with Gasteiger partial charge in [-0.15, -0.1) is 11.3 Å². The van der Waals surface area contributed by atoms with Crippen LogP contribution in [0.3, 0.4) is 0 Å². The molecule has 0 saturated carbocycles. The number of thiazole rings is 1. The van der Waals surface area contributed by atoms with Crippen LogP contribution in [0.15, 0.2) is 66.2 Å². The van der Waals surface area contributed by atoms with Crippen molar-refractivity contribution < 1.29 is 9.90 Å². The zero-order valence-corrected chi connectivity index (χ0v) is 16.3. The van der Waals surface area contributed by atoms with Crippen molar-refractivity contribution in [2.24, 2.45) is 5.92 Å². The minimum atomic E-state index is -0.468. The standard InChI is InChI=1S/C22H23N3O2S/c26-20(16-4-2-1-3-5-16)17-10-13-25(14-11-17)22(27)24-19-8-6-18(7-9-19)21-23-12-15-28-21/h1-9,12,15,17,20,26H,10-11,13-14H2,(H,24,27). The van der Waals surface area contributed by atoms with Crippen molar-refractivity contribution in [2.75, 3.05) is 18.4 Å². The average Bonchev–Trinajstić information content (AvgIpc) is 3.29. The molecule has 144 valence electrons. The molecule has 2 amide bonds. The Morgan fingerprint density at radius 2 is 1.82 bits per heavy atom. The van der Waals surface area contributed by atoms with E-state index in [1.165, 1.54) is 0 Å². The molecule has 5 nitrogen and oxygen atoms in total. The predicted molar refractivity (Wildman–Crippen MR) is 112 cm³/mol. The van der Waals surface area contributed by atoms with Gasteiger partial charge >= 0.3 is 6.03 Å². The van der Waals surface area contributed by atoms with Gasteiger partial charge in [-0.25, -0.2) is 9.78 Å². The molecule has 3 aromatic rings. The number of aliphatic hydroxyl groups excluding tert-OH is 1. The number of anilines is 1. The second kappa shape index (κ2) is 8.54. The van der Waals surface area contributed by atoms with Crippen molar-refractivity contribution in [1.29, 1.82) is 0 Å². The van der Waals surface area contributed by atoms with Crippen molar-refractivity contribution in [3.05, 3.63) is 71.7 Å². The smallest absolute Gasteiger partial charge is 0.321 e. The number of likely N-dealkylation sites (tertiary alicyclic amines) is 1. The fourth-order valence-electron chi connectivity index (χ4n) is 3.61. The van der Waals surface area contributed by atoms with Crippen LogP contribution in [-0.2, 0) is 0 Å². The van der Waals surface area contributed by atoms with Crippen molar-refractivity contribution in [1.82, 2.24) is 9.88 Å². The van der Waals surface area contributed by atoms with E-state index in [1.807, 2.05) is 64.9 Å². The van der Waals surface area contributed by atoms with E-state index in [0.29, 0.717) is 13.1 Å². The highest BCUT2D eigenvalue weighted by molar-refractivity contribution is 7.13. The molecule has 0 spiro atoms. The lowest BCUT2D eigenvalue weighted by atomic mass is 9.87. The average molecular weight is 394 g/mol. The van der Waals surface area contributed by atoms with Crippen LogP contribution in [0.25, 0.3) is 10.6 Å². The van der Waals surface area contributed by atoms with E-state index in [2.05, 4.69) is 10.3 Å². The van der Waals surface area contributed by atoms with Gasteiger partial charge in [-0.3, -0.25) is 0 Å². The molecule has 28 heavy (non-hydrogen) atoms. The van der Waals surface area contributed by atoms with E-state index in [0.717, 1.165) is 34.7 Å². The molecule has 1 saturated heterocycles. The lowest BCUT2D eigenvalue weighted by molar-refractivity contribution is 0.0683. The van der Waals surface area contributed by atoms with E-state index in [1.54, 1.807) is 17.5 Å². The third kappa shape index (κ3) is 4.24. The van der Waals surface area contributed by atoms with Gasteiger partial charge in [0.1, 0.15) is 5.01 Å². The van der Waals surface area contributed by atoms with E-state index in [9.17, 15) is 9.90 Å². The van der Waals surface area contributed by atoms with Gasteiger partial charge in [0.25, 0.3) is 0 Å². The SMILES string of the molecule is O=C(Nc1ccc(-c2nccs2)cc1)N1CCC(C(O)c2ccccc2)CC1. The van der Waals surface area contributed by atoms with Crippen LogP contribution in [-0.4, -0.2) is 34.1 Å². The van der Waals surface area contributed by atoms with Crippen LogP contribution in [0, 0.1) is 5.92 Å². The molecule has 1 fully saturated rings. The van der Waals surface area contributed by atoms with E-state index in [-0.39, 0.29) is 11.9 Å². The normalized spacial score (nSPS) is 16.0. The monoisotopic (exact) mass is 393 g/mol. The first-order chi connectivity index (χ1) is 13.7. The van der Waals surface area contributed by atoms with Gasteiger partial charge in [0.05, 0.1) is 6.10 Å². The Morgan fingerprint density at radius 1 is 1.11 bits per heavy atom. The third-order valence-electron chi connectivity index (χ3n) is 5.23. The van der Waals surface area contributed by atoms with Crippen LogP contribution in [0.1, 0.15) is 24.5 Å². The summed E-state index contributed by atoms with van der Waals surface area (Å²) in [5.74, 6) is 0.184. The third-order valence-corrected chi connectivity index (χ3v) is 6.05. The van der Waals surface area contributed by atoms with Gasteiger partial charge in [0, 0.05) is 35.9 Å². The molecular weight excluding hydrogens is 370 g/mol. The highest BCUT2D eigenvalue weighted by Gasteiger charge is 2.28. The summed E-state index contributed by atoms with van der Waals surface area (Å²) in [5, 5.41) is 16.5. The molecule has 0 aliphatic carbocycles. The number of urea groups is 1. The lowest BCUT2D eigenvalue weighted by Crippen LogP contribution is -2.42. The Bertz CT molecular complexity index is 889. The molecular formula is C22H23N3O2S. The van der Waals surface area contributed by atoms with Crippen molar-refractivity contribution in [3.8, 4) is 10.6 Å². The van der Waals surface area contributed by atoms with E-state index in [4.69, 9.17) is 0 Å². The molecule has 0 bridgehead atoms. The summed E-state index contributed by atoms with van der Waals surface area (Å²) in [6, 6.07) is 17.4. The highest BCUT2D eigenvalue weighted by Crippen LogP contribution is 2.31. The van der Waals surface area contributed by atoms with E-state index >= 15 is 0 Å². The maximum absolute atomic E-state index is 12.6. The number of hydrogen-bond acceptors (Lipinski definition) is 4.